The molecule has 2 heterocycles. The second-order valence-electron chi connectivity index (χ2n) is 16.1. The Morgan fingerprint density at radius 1 is 0.667 bits per heavy atom. The van der Waals surface area contributed by atoms with Crippen LogP contribution < -0.4 is 10.2 Å². The molecule has 7 aromatic rings. The molecule has 0 aliphatic heterocycles. The number of rotatable bonds is 16. The third kappa shape index (κ3) is 10.8. The van der Waals surface area contributed by atoms with Gasteiger partial charge in [0.05, 0.1) is 5.69 Å². The van der Waals surface area contributed by atoms with Crippen LogP contribution >= 0.6 is 0 Å². The summed E-state index contributed by atoms with van der Waals surface area (Å²) in [4.78, 5) is 10.9. The van der Waals surface area contributed by atoms with Crippen molar-refractivity contribution < 1.29 is 0 Å². The van der Waals surface area contributed by atoms with Crippen LogP contribution in [-0.2, 0) is 0 Å². The molecule has 0 saturated carbocycles. The molecule has 0 bridgehead atoms. The highest BCUT2D eigenvalue weighted by Crippen LogP contribution is 2.41. The van der Waals surface area contributed by atoms with Crippen LogP contribution in [0.3, 0.4) is 0 Å². The number of nitrogens with one attached hydrogen (secondary N) is 1. The lowest BCUT2D eigenvalue weighted by Gasteiger charge is -2.26. The van der Waals surface area contributed by atoms with Crippen molar-refractivity contribution in [3.8, 4) is 22.3 Å². The van der Waals surface area contributed by atoms with E-state index in [2.05, 4.69) is 229 Å². The van der Waals surface area contributed by atoms with Gasteiger partial charge < -0.3 is 10.2 Å². The molecule has 324 valence electrons. The van der Waals surface area contributed by atoms with Crippen molar-refractivity contribution in [2.24, 2.45) is 0 Å². The minimum atomic E-state index is 0.854. The van der Waals surface area contributed by atoms with Crippen molar-refractivity contribution in [3.63, 3.8) is 0 Å². The van der Waals surface area contributed by atoms with Crippen molar-refractivity contribution in [3.05, 3.63) is 260 Å². The zero-order valence-electron chi connectivity index (χ0n) is 38.1. The van der Waals surface area contributed by atoms with E-state index in [4.69, 9.17) is 6.58 Å². The standard InChI is InChI=1S/C62H56N4/c1-5-8-12-18-48(7-3)61-44-55(50-21-13-9-10-14-22-50)43-60(46(4)24-25-47(6-2)49-19-15-11-16-20-49)62(61)65-56-30-36-59(37-31-56)66(57-32-26-51(27-33-57)53-38-41-63-42-39-53)58-34-28-52(29-35-58)54-23-17-40-64-45-54/h6,8-9,11-45,65H,4-5,7,10H2,1-3H3/b12-8-,25-24-,47-6+,48-18+. The van der Waals surface area contributed by atoms with Crippen LogP contribution in [0.4, 0.5) is 28.4 Å². The van der Waals surface area contributed by atoms with E-state index in [1.807, 2.05) is 36.8 Å². The van der Waals surface area contributed by atoms with Crippen LogP contribution in [-0.4, -0.2) is 9.97 Å². The second-order valence-corrected chi connectivity index (χ2v) is 16.1. The van der Waals surface area contributed by atoms with Crippen LogP contribution in [0.1, 0.15) is 62.3 Å². The highest BCUT2D eigenvalue weighted by Gasteiger charge is 2.19. The van der Waals surface area contributed by atoms with E-state index in [9.17, 15) is 0 Å². The van der Waals surface area contributed by atoms with E-state index in [1.165, 1.54) is 16.7 Å². The Balaban J connectivity index is 1.22. The Bertz CT molecular complexity index is 2870. The van der Waals surface area contributed by atoms with Gasteiger partial charge in [-0.2, -0.15) is 0 Å². The average Bonchev–Trinajstić information content (AvgIpc) is 3.68. The Hall–Kier alpha value is -8.08. The van der Waals surface area contributed by atoms with Crippen LogP contribution in [0.5, 0.6) is 0 Å². The van der Waals surface area contributed by atoms with E-state index in [0.29, 0.717) is 0 Å². The normalized spacial score (nSPS) is 12.9. The maximum atomic E-state index is 4.74. The van der Waals surface area contributed by atoms with Crippen molar-refractivity contribution in [2.75, 3.05) is 10.2 Å². The van der Waals surface area contributed by atoms with Crippen molar-refractivity contribution >= 4 is 50.7 Å². The summed E-state index contributed by atoms with van der Waals surface area (Å²) in [6, 6.07) is 49.5. The van der Waals surface area contributed by atoms with Gasteiger partial charge in [-0.15, -0.1) is 0 Å². The molecule has 1 N–H and O–H groups in total. The fraction of sp³-hybridized carbons (Fsp3) is 0.0968. The molecule has 2 aromatic heterocycles. The molecule has 0 spiro atoms. The lowest BCUT2D eigenvalue weighted by Crippen LogP contribution is -2.10. The number of allylic oxidation sites excluding steroid dienone is 15. The van der Waals surface area contributed by atoms with Crippen molar-refractivity contribution in [2.45, 2.75) is 40.0 Å². The van der Waals surface area contributed by atoms with E-state index in [0.717, 1.165) is 97.8 Å². The maximum Gasteiger partial charge on any atom is 0.0540 e. The molecule has 0 amide bonds. The Morgan fingerprint density at radius 3 is 1.98 bits per heavy atom. The molecule has 1 aliphatic carbocycles. The molecule has 4 nitrogen and oxygen atoms in total. The smallest absolute Gasteiger partial charge is 0.0540 e. The average molecular weight is 857 g/mol. The Morgan fingerprint density at radius 2 is 1.33 bits per heavy atom. The first-order valence-corrected chi connectivity index (χ1v) is 22.9. The van der Waals surface area contributed by atoms with Gasteiger partial charge in [0.2, 0.25) is 0 Å². The predicted molar refractivity (Wildman–Crippen MR) is 284 cm³/mol. The van der Waals surface area contributed by atoms with Gasteiger partial charge in [0.1, 0.15) is 0 Å². The number of aromatic nitrogens is 2. The van der Waals surface area contributed by atoms with Gasteiger partial charge in [-0.05, 0) is 161 Å². The van der Waals surface area contributed by atoms with Gasteiger partial charge in [-0.3, -0.25) is 9.97 Å². The summed E-state index contributed by atoms with van der Waals surface area (Å²) in [6.07, 6.45) is 34.3. The molecule has 8 rings (SSSR count). The number of benzene rings is 5. The van der Waals surface area contributed by atoms with Gasteiger partial charge in [0, 0.05) is 58.7 Å². The zero-order valence-corrected chi connectivity index (χ0v) is 38.1. The van der Waals surface area contributed by atoms with Gasteiger partial charge in [-0.1, -0.05) is 148 Å². The third-order valence-electron chi connectivity index (χ3n) is 11.7. The van der Waals surface area contributed by atoms with Gasteiger partial charge in [-0.25, -0.2) is 0 Å². The van der Waals surface area contributed by atoms with Crippen LogP contribution in [0.2, 0.25) is 0 Å². The fourth-order valence-corrected chi connectivity index (χ4v) is 8.18. The number of nitrogens with zero attached hydrogens (tertiary/aromatic N) is 3. The first-order chi connectivity index (χ1) is 32.5. The zero-order chi connectivity index (χ0) is 45.5. The van der Waals surface area contributed by atoms with Crippen LogP contribution in [0.25, 0.3) is 44.5 Å². The number of hydrogen-bond donors (Lipinski definition) is 1. The lowest BCUT2D eigenvalue weighted by molar-refractivity contribution is 1.22. The lowest BCUT2D eigenvalue weighted by atomic mass is 9.89. The Kier molecular flexibility index (Phi) is 14.9. The van der Waals surface area contributed by atoms with Gasteiger partial charge >= 0.3 is 0 Å². The first-order valence-electron chi connectivity index (χ1n) is 22.9. The van der Waals surface area contributed by atoms with Crippen molar-refractivity contribution in [1.29, 1.82) is 0 Å². The molecule has 0 fully saturated rings. The predicted octanol–water partition coefficient (Wildman–Crippen LogP) is 17.4. The van der Waals surface area contributed by atoms with Crippen LogP contribution in [0.15, 0.2) is 238 Å². The minimum Gasteiger partial charge on any atom is -0.355 e. The maximum absolute atomic E-state index is 4.74. The second kappa shape index (κ2) is 22.0. The van der Waals surface area contributed by atoms with E-state index < -0.39 is 0 Å². The monoisotopic (exact) mass is 856 g/mol. The van der Waals surface area contributed by atoms with E-state index in [1.54, 1.807) is 6.20 Å². The summed E-state index contributed by atoms with van der Waals surface area (Å²) < 4.78 is 0. The number of hydrogen-bond acceptors (Lipinski definition) is 4. The fourth-order valence-electron chi connectivity index (χ4n) is 8.18. The Labute approximate surface area is 391 Å². The number of anilines is 5. The summed E-state index contributed by atoms with van der Waals surface area (Å²) >= 11 is 0. The number of pyridine rings is 2. The molecule has 0 radical (unpaired) electrons. The SMILES string of the molecule is C=C(/C=C\C(=C/C)c1ccccc1)c1cc(C2=CC=CCC=C2)cc(/C(=C/C=C\CC)CC)c1Nc1ccc(N(c2ccc(-c3ccncc3)cc2)c2ccc(-c3cccnc3)cc2)cc1. The van der Waals surface area contributed by atoms with Gasteiger partial charge in [0.25, 0.3) is 0 Å². The summed E-state index contributed by atoms with van der Waals surface area (Å²) in [5.41, 5.74) is 18.5. The summed E-state index contributed by atoms with van der Waals surface area (Å²) in [6.45, 7) is 11.2. The topological polar surface area (TPSA) is 41.0 Å². The third-order valence-corrected chi connectivity index (χ3v) is 11.7. The molecule has 0 unspecified atom stereocenters. The summed E-state index contributed by atoms with van der Waals surface area (Å²) in [5.74, 6) is 0. The first kappa shape index (κ1) is 44.5. The molecule has 5 aromatic carbocycles. The molecule has 66 heavy (non-hydrogen) atoms. The van der Waals surface area contributed by atoms with Crippen LogP contribution in [0, 0.1) is 0 Å². The largest absolute Gasteiger partial charge is 0.355 e. The van der Waals surface area contributed by atoms with Crippen molar-refractivity contribution in [1.82, 2.24) is 9.97 Å². The van der Waals surface area contributed by atoms with Gasteiger partial charge in [0.15, 0.2) is 0 Å². The molecule has 0 atom stereocenters. The van der Waals surface area contributed by atoms with E-state index >= 15 is 0 Å². The molecule has 1 aliphatic rings. The summed E-state index contributed by atoms with van der Waals surface area (Å²) in [5, 5.41) is 3.94. The summed E-state index contributed by atoms with van der Waals surface area (Å²) in [7, 11) is 0. The molecular formula is C62H56N4. The quantitative estimate of drug-likeness (QED) is 0.0983. The highest BCUT2D eigenvalue weighted by molar-refractivity contribution is 5.95. The molecular weight excluding hydrogens is 801 g/mol. The molecule has 0 saturated heterocycles. The highest BCUT2D eigenvalue weighted by atomic mass is 15.1. The van der Waals surface area contributed by atoms with E-state index in [-0.39, 0.29) is 0 Å². The minimum absolute atomic E-state index is 0.854. The molecule has 4 heteroatoms.